The Hall–Kier alpha value is -2.10. The molecule has 1 heterocycles. The molecule has 0 saturated carbocycles. The van der Waals surface area contributed by atoms with Crippen molar-refractivity contribution in [2.24, 2.45) is 5.73 Å². The van der Waals surface area contributed by atoms with Gasteiger partial charge in [-0.1, -0.05) is 44.9 Å². The maximum Gasteiger partial charge on any atom is 0.267 e. The van der Waals surface area contributed by atoms with Crippen molar-refractivity contribution in [1.82, 2.24) is 9.78 Å². The zero-order valence-corrected chi connectivity index (χ0v) is 12.7. The second kappa shape index (κ2) is 7.07. The number of rotatable bonds is 7. The fraction of sp³-hybridized carbons (Fsp3) is 0.412. The third kappa shape index (κ3) is 3.51. The first kappa shape index (κ1) is 15.3. The molecule has 1 aromatic carbocycles. The Balaban J connectivity index is 2.39. The molecular weight excluding hydrogens is 262 g/mol. The van der Waals surface area contributed by atoms with Crippen molar-refractivity contribution in [3.63, 3.8) is 0 Å². The average Bonchev–Trinajstić information content (AvgIpc) is 2.94. The first-order chi connectivity index (χ1) is 10.2. The average molecular weight is 285 g/mol. The lowest BCUT2D eigenvalue weighted by Gasteiger charge is -2.11. The highest BCUT2D eigenvalue weighted by Gasteiger charge is 2.19. The summed E-state index contributed by atoms with van der Waals surface area (Å²) in [6.07, 6.45) is 4.45. The van der Waals surface area contributed by atoms with Crippen LogP contribution in [-0.2, 0) is 0 Å². The van der Waals surface area contributed by atoms with Crippen LogP contribution in [0.2, 0.25) is 0 Å². The number of benzene rings is 1. The van der Waals surface area contributed by atoms with E-state index in [2.05, 4.69) is 18.9 Å². The van der Waals surface area contributed by atoms with E-state index in [-0.39, 0.29) is 0 Å². The third-order valence-electron chi connectivity index (χ3n) is 3.80. The highest BCUT2D eigenvalue weighted by molar-refractivity contribution is 5.91. The number of unbranched alkanes of at least 4 members (excludes halogenated alkanes) is 1. The van der Waals surface area contributed by atoms with Gasteiger partial charge >= 0.3 is 0 Å². The zero-order chi connectivity index (χ0) is 15.2. The van der Waals surface area contributed by atoms with Crippen LogP contribution in [0, 0.1) is 0 Å². The summed E-state index contributed by atoms with van der Waals surface area (Å²) in [5, 5.41) is 4.64. The van der Waals surface area contributed by atoms with E-state index in [1.54, 1.807) is 4.68 Å². The molecule has 0 aliphatic rings. The van der Waals surface area contributed by atoms with Crippen molar-refractivity contribution in [3.8, 4) is 5.69 Å². The van der Waals surface area contributed by atoms with Crippen molar-refractivity contribution < 1.29 is 4.79 Å². The first-order valence-electron chi connectivity index (χ1n) is 7.62. The van der Waals surface area contributed by atoms with E-state index in [0.717, 1.165) is 24.2 Å². The van der Waals surface area contributed by atoms with Crippen molar-refractivity contribution >= 4 is 5.91 Å². The van der Waals surface area contributed by atoms with E-state index < -0.39 is 5.91 Å². The van der Waals surface area contributed by atoms with Gasteiger partial charge in [-0.05, 0) is 31.0 Å². The number of primary amides is 1. The number of hydrogen-bond donors (Lipinski definition) is 1. The normalized spacial score (nSPS) is 12.3. The number of nitrogens with two attached hydrogens (primary N) is 1. The summed E-state index contributed by atoms with van der Waals surface area (Å²) >= 11 is 0. The van der Waals surface area contributed by atoms with Crippen LogP contribution in [0.15, 0.2) is 36.4 Å². The third-order valence-corrected chi connectivity index (χ3v) is 3.80. The highest BCUT2D eigenvalue weighted by atomic mass is 16.1. The van der Waals surface area contributed by atoms with Gasteiger partial charge in [0.05, 0.1) is 11.4 Å². The molecule has 1 aromatic heterocycles. The predicted octanol–water partition coefficient (Wildman–Crippen LogP) is 3.66. The number of para-hydroxylation sites is 1. The van der Waals surface area contributed by atoms with Gasteiger partial charge in [0.15, 0.2) is 0 Å². The summed E-state index contributed by atoms with van der Waals surface area (Å²) in [6.45, 7) is 4.34. The number of carbonyl (C=O) groups excluding carboxylic acids is 1. The van der Waals surface area contributed by atoms with Gasteiger partial charge in [-0.25, -0.2) is 4.68 Å². The molecule has 0 bridgehead atoms. The maximum absolute atomic E-state index is 11.7. The summed E-state index contributed by atoms with van der Waals surface area (Å²) in [6, 6.07) is 11.5. The number of carbonyl (C=O) groups is 1. The van der Waals surface area contributed by atoms with Gasteiger partial charge in [0.1, 0.15) is 5.69 Å². The molecule has 1 amide bonds. The molecule has 0 spiro atoms. The van der Waals surface area contributed by atoms with Crippen molar-refractivity contribution in [1.29, 1.82) is 0 Å². The molecule has 0 fully saturated rings. The molecule has 4 heteroatoms. The number of nitrogens with zero attached hydrogens (tertiary/aromatic N) is 2. The Labute approximate surface area is 126 Å². The Kier molecular flexibility index (Phi) is 5.14. The lowest BCUT2D eigenvalue weighted by Crippen LogP contribution is -2.16. The van der Waals surface area contributed by atoms with E-state index in [1.807, 2.05) is 36.4 Å². The molecule has 0 saturated heterocycles. The quantitative estimate of drug-likeness (QED) is 0.844. The smallest absolute Gasteiger partial charge is 0.267 e. The molecule has 4 nitrogen and oxygen atoms in total. The predicted molar refractivity (Wildman–Crippen MR) is 84.6 cm³/mol. The van der Waals surface area contributed by atoms with Crippen LogP contribution in [-0.4, -0.2) is 15.7 Å². The minimum atomic E-state index is -0.442. The van der Waals surface area contributed by atoms with Gasteiger partial charge in [0.2, 0.25) is 0 Å². The Morgan fingerprint density at radius 1 is 1.29 bits per heavy atom. The van der Waals surface area contributed by atoms with E-state index in [1.165, 1.54) is 12.8 Å². The SMILES string of the molecule is CCCCC(CC)c1cc(C(N)=O)n(-c2ccccc2)n1. The Morgan fingerprint density at radius 2 is 2.00 bits per heavy atom. The van der Waals surface area contributed by atoms with Crippen LogP contribution in [0.1, 0.15) is 61.6 Å². The summed E-state index contributed by atoms with van der Waals surface area (Å²) in [4.78, 5) is 11.7. The fourth-order valence-electron chi connectivity index (χ4n) is 2.55. The van der Waals surface area contributed by atoms with Crippen molar-refractivity contribution in [3.05, 3.63) is 47.8 Å². The van der Waals surface area contributed by atoms with Crippen LogP contribution in [0.3, 0.4) is 0 Å². The van der Waals surface area contributed by atoms with Crippen LogP contribution >= 0.6 is 0 Å². The van der Waals surface area contributed by atoms with Gasteiger partial charge < -0.3 is 5.73 Å². The molecule has 1 unspecified atom stereocenters. The monoisotopic (exact) mass is 285 g/mol. The first-order valence-corrected chi connectivity index (χ1v) is 7.62. The molecule has 1 atom stereocenters. The molecule has 2 N–H and O–H groups in total. The second-order valence-electron chi connectivity index (χ2n) is 5.31. The van der Waals surface area contributed by atoms with Crippen LogP contribution in [0.5, 0.6) is 0 Å². The summed E-state index contributed by atoms with van der Waals surface area (Å²) in [5.74, 6) is -0.0593. The molecule has 21 heavy (non-hydrogen) atoms. The molecule has 0 aliphatic heterocycles. The fourth-order valence-corrected chi connectivity index (χ4v) is 2.55. The second-order valence-corrected chi connectivity index (χ2v) is 5.31. The minimum absolute atomic E-state index is 0.382. The van der Waals surface area contributed by atoms with Gasteiger partial charge in [0, 0.05) is 5.92 Å². The summed E-state index contributed by atoms with van der Waals surface area (Å²) in [7, 11) is 0. The van der Waals surface area contributed by atoms with Crippen LogP contribution in [0.4, 0.5) is 0 Å². The van der Waals surface area contributed by atoms with Gasteiger partial charge in [-0.15, -0.1) is 0 Å². The molecule has 112 valence electrons. The maximum atomic E-state index is 11.7. The topological polar surface area (TPSA) is 60.9 Å². The number of aromatic nitrogens is 2. The van der Waals surface area contributed by atoms with Crippen LogP contribution < -0.4 is 5.73 Å². The zero-order valence-electron chi connectivity index (χ0n) is 12.7. The highest BCUT2D eigenvalue weighted by Crippen LogP contribution is 2.26. The largest absolute Gasteiger partial charge is 0.364 e. The van der Waals surface area contributed by atoms with Crippen molar-refractivity contribution in [2.75, 3.05) is 0 Å². The summed E-state index contributed by atoms with van der Waals surface area (Å²) in [5.41, 5.74) is 7.78. The minimum Gasteiger partial charge on any atom is -0.364 e. The molecule has 2 aromatic rings. The number of hydrogen-bond acceptors (Lipinski definition) is 2. The molecule has 2 rings (SSSR count). The standard InChI is InChI=1S/C17H23N3O/c1-3-5-9-13(4-2)15-12-16(17(18)21)20(19-15)14-10-7-6-8-11-14/h6-8,10-13H,3-5,9H2,1-2H3,(H2,18,21). The lowest BCUT2D eigenvalue weighted by molar-refractivity contribution is 0.0993. The number of amides is 1. The van der Waals surface area contributed by atoms with Gasteiger partial charge in [0.25, 0.3) is 5.91 Å². The van der Waals surface area contributed by atoms with E-state index in [9.17, 15) is 4.79 Å². The molecule has 0 radical (unpaired) electrons. The Bertz CT molecular complexity index is 589. The van der Waals surface area contributed by atoms with Gasteiger partial charge in [-0.2, -0.15) is 5.10 Å². The van der Waals surface area contributed by atoms with E-state index in [4.69, 9.17) is 5.73 Å². The molecule has 0 aliphatic carbocycles. The summed E-state index contributed by atoms with van der Waals surface area (Å²) < 4.78 is 1.66. The molecular formula is C17H23N3O. The van der Waals surface area contributed by atoms with E-state index >= 15 is 0 Å². The Morgan fingerprint density at radius 3 is 2.57 bits per heavy atom. The van der Waals surface area contributed by atoms with Gasteiger partial charge in [-0.3, -0.25) is 4.79 Å². The lowest BCUT2D eigenvalue weighted by atomic mass is 9.96. The van der Waals surface area contributed by atoms with Crippen LogP contribution in [0.25, 0.3) is 5.69 Å². The van der Waals surface area contributed by atoms with E-state index in [0.29, 0.717) is 11.6 Å². The van der Waals surface area contributed by atoms with Crippen molar-refractivity contribution in [2.45, 2.75) is 45.4 Å².